The Hall–Kier alpha value is -0.130. The van der Waals surface area contributed by atoms with Crippen molar-refractivity contribution in [3.05, 3.63) is 0 Å². The lowest BCUT2D eigenvalue weighted by Gasteiger charge is -2.24. The lowest BCUT2D eigenvalue weighted by molar-refractivity contribution is 0.413. The Labute approximate surface area is 110 Å². The van der Waals surface area contributed by atoms with E-state index in [0.29, 0.717) is 12.0 Å². The maximum atomic E-state index is 12.1. The minimum absolute atomic E-state index is 0.160. The van der Waals surface area contributed by atoms with Crippen molar-refractivity contribution < 1.29 is 8.42 Å². The van der Waals surface area contributed by atoms with Gasteiger partial charge in [-0.25, -0.2) is 13.1 Å². The minimum atomic E-state index is -3.09. The molecular weight excluding hydrogens is 248 g/mol. The molecule has 0 aromatic rings. The normalized spacial score (nSPS) is 31.2. The first-order valence-corrected chi connectivity index (χ1v) is 8.96. The van der Waals surface area contributed by atoms with Crippen LogP contribution in [0.25, 0.3) is 0 Å². The van der Waals surface area contributed by atoms with Crippen LogP contribution >= 0.6 is 0 Å². The summed E-state index contributed by atoms with van der Waals surface area (Å²) < 4.78 is 27.0. The van der Waals surface area contributed by atoms with Crippen molar-refractivity contribution in [3.63, 3.8) is 0 Å². The first-order chi connectivity index (χ1) is 8.60. The SMILES string of the molecule is O=S(=O)(CC1CCCCN1)NCC1(C2CC2)CC1. The summed E-state index contributed by atoms with van der Waals surface area (Å²) in [6.45, 7) is 1.65. The predicted molar refractivity (Wildman–Crippen MR) is 71.8 cm³/mol. The summed E-state index contributed by atoms with van der Waals surface area (Å²) in [5, 5.41) is 3.30. The Balaban J connectivity index is 1.48. The van der Waals surface area contributed by atoms with Crippen molar-refractivity contribution >= 4 is 10.0 Å². The van der Waals surface area contributed by atoms with Crippen molar-refractivity contribution in [1.29, 1.82) is 0 Å². The predicted octanol–water partition coefficient (Wildman–Crippen LogP) is 1.24. The van der Waals surface area contributed by atoms with Gasteiger partial charge >= 0.3 is 0 Å². The molecule has 1 aliphatic heterocycles. The van der Waals surface area contributed by atoms with Gasteiger partial charge in [-0.15, -0.1) is 0 Å². The molecule has 3 rings (SSSR count). The third kappa shape index (κ3) is 3.06. The van der Waals surface area contributed by atoms with Gasteiger partial charge in [0.1, 0.15) is 0 Å². The number of rotatable bonds is 6. The fourth-order valence-electron chi connectivity index (χ4n) is 3.23. The smallest absolute Gasteiger partial charge is 0.213 e. The Bertz CT molecular complexity index is 393. The molecule has 2 N–H and O–H groups in total. The van der Waals surface area contributed by atoms with E-state index in [2.05, 4.69) is 10.0 Å². The zero-order valence-electron chi connectivity index (χ0n) is 11.0. The summed E-state index contributed by atoms with van der Waals surface area (Å²) in [6.07, 6.45) is 8.39. The zero-order valence-corrected chi connectivity index (χ0v) is 11.8. The Morgan fingerprint density at radius 2 is 1.94 bits per heavy atom. The van der Waals surface area contributed by atoms with Crippen LogP contribution in [-0.4, -0.2) is 33.3 Å². The van der Waals surface area contributed by atoms with Crippen LogP contribution in [0.1, 0.15) is 44.9 Å². The molecule has 0 spiro atoms. The van der Waals surface area contributed by atoms with E-state index in [1.54, 1.807) is 0 Å². The molecule has 0 radical (unpaired) electrons. The minimum Gasteiger partial charge on any atom is -0.313 e. The molecule has 4 nitrogen and oxygen atoms in total. The maximum Gasteiger partial charge on any atom is 0.213 e. The molecule has 2 saturated carbocycles. The molecule has 0 bridgehead atoms. The standard InChI is InChI=1S/C13H24N2O2S/c16-18(17,9-12-3-1-2-8-14-12)15-10-13(6-7-13)11-4-5-11/h11-12,14-15H,1-10H2. The lowest BCUT2D eigenvalue weighted by atomic mass is 10.0. The van der Waals surface area contributed by atoms with Gasteiger partial charge in [0.15, 0.2) is 0 Å². The molecule has 0 aromatic heterocycles. The monoisotopic (exact) mass is 272 g/mol. The van der Waals surface area contributed by atoms with Gasteiger partial charge in [0.05, 0.1) is 5.75 Å². The van der Waals surface area contributed by atoms with Gasteiger partial charge in [0.2, 0.25) is 10.0 Å². The summed E-state index contributed by atoms with van der Waals surface area (Å²) in [4.78, 5) is 0. The summed E-state index contributed by atoms with van der Waals surface area (Å²) in [5.41, 5.74) is 0.354. The quantitative estimate of drug-likeness (QED) is 0.765. The third-order valence-corrected chi connectivity index (χ3v) is 6.24. The highest BCUT2D eigenvalue weighted by molar-refractivity contribution is 7.89. The van der Waals surface area contributed by atoms with Crippen LogP contribution < -0.4 is 10.0 Å². The molecule has 1 unspecified atom stereocenters. The molecule has 104 valence electrons. The van der Waals surface area contributed by atoms with Crippen LogP contribution in [0.3, 0.4) is 0 Å². The van der Waals surface area contributed by atoms with E-state index in [0.717, 1.165) is 25.3 Å². The van der Waals surface area contributed by atoms with Gasteiger partial charge in [0, 0.05) is 12.6 Å². The number of hydrogen-bond acceptors (Lipinski definition) is 3. The number of piperidine rings is 1. The number of sulfonamides is 1. The topological polar surface area (TPSA) is 58.2 Å². The first kappa shape index (κ1) is 12.9. The van der Waals surface area contributed by atoms with Crippen molar-refractivity contribution in [3.8, 4) is 0 Å². The van der Waals surface area contributed by atoms with Crippen LogP contribution in [0.15, 0.2) is 0 Å². The Morgan fingerprint density at radius 1 is 1.17 bits per heavy atom. The molecule has 5 heteroatoms. The summed E-state index contributed by atoms with van der Waals surface area (Å²) in [5.74, 6) is 1.07. The molecular formula is C13H24N2O2S. The second-order valence-electron chi connectivity index (χ2n) is 6.39. The number of nitrogens with one attached hydrogen (secondary N) is 2. The van der Waals surface area contributed by atoms with Crippen LogP contribution in [0.5, 0.6) is 0 Å². The number of hydrogen-bond donors (Lipinski definition) is 2. The van der Waals surface area contributed by atoms with E-state index in [9.17, 15) is 8.42 Å². The van der Waals surface area contributed by atoms with Crippen LogP contribution in [0.2, 0.25) is 0 Å². The molecule has 1 heterocycles. The second kappa shape index (κ2) is 4.76. The van der Waals surface area contributed by atoms with Gasteiger partial charge in [-0.2, -0.15) is 0 Å². The fraction of sp³-hybridized carbons (Fsp3) is 1.00. The van der Waals surface area contributed by atoms with Crippen molar-refractivity contribution in [2.75, 3.05) is 18.8 Å². The molecule has 3 fully saturated rings. The highest BCUT2D eigenvalue weighted by Gasteiger charge is 2.53. The maximum absolute atomic E-state index is 12.1. The van der Waals surface area contributed by atoms with Crippen LogP contribution in [-0.2, 0) is 10.0 Å². The Morgan fingerprint density at radius 3 is 2.50 bits per heavy atom. The van der Waals surface area contributed by atoms with Crippen LogP contribution in [0.4, 0.5) is 0 Å². The highest BCUT2D eigenvalue weighted by Crippen LogP contribution is 2.60. The average Bonchev–Trinajstić information content (AvgIpc) is 3.20. The van der Waals surface area contributed by atoms with E-state index >= 15 is 0 Å². The first-order valence-electron chi connectivity index (χ1n) is 7.30. The molecule has 18 heavy (non-hydrogen) atoms. The van der Waals surface area contributed by atoms with Crippen molar-refractivity contribution in [2.45, 2.75) is 51.0 Å². The summed E-state index contributed by atoms with van der Waals surface area (Å²) in [6, 6.07) is 0.160. The molecule has 3 aliphatic rings. The van der Waals surface area contributed by atoms with Crippen molar-refractivity contribution in [1.82, 2.24) is 10.0 Å². The zero-order chi connectivity index (χ0) is 12.6. The van der Waals surface area contributed by atoms with E-state index in [1.165, 1.54) is 32.1 Å². The summed E-state index contributed by atoms with van der Waals surface area (Å²) in [7, 11) is -3.09. The van der Waals surface area contributed by atoms with E-state index in [-0.39, 0.29) is 11.8 Å². The van der Waals surface area contributed by atoms with Gasteiger partial charge in [-0.05, 0) is 56.4 Å². The van der Waals surface area contributed by atoms with Crippen LogP contribution in [0, 0.1) is 11.3 Å². The van der Waals surface area contributed by atoms with E-state index in [4.69, 9.17) is 0 Å². The molecule has 1 saturated heterocycles. The largest absolute Gasteiger partial charge is 0.313 e. The lowest BCUT2D eigenvalue weighted by Crippen LogP contribution is -2.43. The molecule has 2 aliphatic carbocycles. The van der Waals surface area contributed by atoms with Gasteiger partial charge in [-0.3, -0.25) is 0 Å². The average molecular weight is 272 g/mol. The Kier molecular flexibility index (Phi) is 3.41. The fourth-order valence-corrected chi connectivity index (χ4v) is 4.67. The van der Waals surface area contributed by atoms with E-state index in [1.807, 2.05) is 0 Å². The van der Waals surface area contributed by atoms with Crippen molar-refractivity contribution in [2.24, 2.45) is 11.3 Å². The second-order valence-corrected chi connectivity index (χ2v) is 8.24. The third-order valence-electron chi connectivity index (χ3n) is 4.81. The summed E-state index contributed by atoms with van der Waals surface area (Å²) >= 11 is 0. The van der Waals surface area contributed by atoms with E-state index < -0.39 is 10.0 Å². The highest BCUT2D eigenvalue weighted by atomic mass is 32.2. The van der Waals surface area contributed by atoms with Gasteiger partial charge < -0.3 is 5.32 Å². The molecule has 0 aromatic carbocycles. The molecule has 1 atom stereocenters. The van der Waals surface area contributed by atoms with Gasteiger partial charge in [0.25, 0.3) is 0 Å². The molecule has 0 amide bonds. The van der Waals surface area contributed by atoms with Gasteiger partial charge in [-0.1, -0.05) is 6.42 Å².